The summed E-state index contributed by atoms with van der Waals surface area (Å²) in [5, 5.41) is 0. The summed E-state index contributed by atoms with van der Waals surface area (Å²) in [4.78, 5) is 0. The molecule has 130 valence electrons. The molecule has 4 aliphatic rings. The summed E-state index contributed by atoms with van der Waals surface area (Å²) < 4.78 is 0. The maximum absolute atomic E-state index is 4.18. The van der Waals surface area contributed by atoms with Crippen molar-refractivity contribution in [2.45, 2.75) is 85.0 Å². The molecule has 0 aliphatic heterocycles. The molecule has 0 spiro atoms. The van der Waals surface area contributed by atoms with Crippen LogP contribution in [-0.2, 0) is 0 Å². The van der Waals surface area contributed by atoms with E-state index < -0.39 is 0 Å². The molecule has 0 aromatic carbocycles. The zero-order valence-corrected chi connectivity index (χ0v) is 15.8. The molecule has 0 nitrogen and oxygen atoms in total. The smallest absolute Gasteiger partial charge is 0.0179 e. The van der Waals surface area contributed by atoms with Gasteiger partial charge in [0, 0.05) is 0 Å². The Hall–Kier alpha value is -0.260. The molecule has 0 bridgehead atoms. The van der Waals surface area contributed by atoms with E-state index in [2.05, 4.69) is 33.4 Å². The monoisotopic (exact) mass is 314 g/mol. The van der Waals surface area contributed by atoms with E-state index in [0.717, 1.165) is 35.5 Å². The van der Waals surface area contributed by atoms with E-state index in [4.69, 9.17) is 0 Å². The molecule has 0 heteroatoms. The molecular weight excluding hydrogens is 276 g/mol. The van der Waals surface area contributed by atoms with Crippen LogP contribution in [0.2, 0.25) is 0 Å². The molecule has 0 amide bonds. The predicted octanol–water partition coefficient (Wildman–Crippen LogP) is 6.86. The lowest BCUT2D eigenvalue weighted by atomic mass is 9.44. The molecule has 0 aromatic heterocycles. The van der Waals surface area contributed by atoms with Crippen LogP contribution in [0.1, 0.15) is 85.0 Å². The fraction of sp³-hybridized carbons (Fsp3) is 0.913. The quantitative estimate of drug-likeness (QED) is 0.488. The maximum atomic E-state index is 4.18. The first-order chi connectivity index (χ1) is 11.0. The van der Waals surface area contributed by atoms with Gasteiger partial charge < -0.3 is 0 Å². The normalized spacial score (nSPS) is 55.6. The van der Waals surface area contributed by atoms with Gasteiger partial charge in [0.25, 0.3) is 0 Å². The van der Waals surface area contributed by atoms with Crippen molar-refractivity contribution >= 4 is 0 Å². The van der Waals surface area contributed by atoms with E-state index in [0.29, 0.717) is 10.8 Å². The zero-order chi connectivity index (χ0) is 16.2. The Morgan fingerprint density at radius 2 is 1.65 bits per heavy atom. The van der Waals surface area contributed by atoms with Crippen LogP contribution in [0.3, 0.4) is 0 Å². The maximum Gasteiger partial charge on any atom is -0.0179 e. The second-order valence-electron chi connectivity index (χ2n) is 10.2. The van der Waals surface area contributed by atoms with Gasteiger partial charge in [-0.15, -0.1) is 6.58 Å². The Morgan fingerprint density at radius 3 is 2.39 bits per heavy atom. The molecular formula is C23H38. The van der Waals surface area contributed by atoms with Crippen molar-refractivity contribution < 1.29 is 0 Å². The number of hydrogen-bond donors (Lipinski definition) is 0. The highest BCUT2D eigenvalue weighted by Crippen LogP contribution is 2.67. The van der Waals surface area contributed by atoms with Gasteiger partial charge in [0.1, 0.15) is 0 Å². The van der Waals surface area contributed by atoms with Crippen molar-refractivity contribution in [3.8, 4) is 0 Å². The third-order valence-electron chi connectivity index (χ3n) is 9.71. The first-order valence-electron chi connectivity index (χ1n) is 10.7. The van der Waals surface area contributed by atoms with Gasteiger partial charge in [-0.3, -0.25) is 0 Å². The second-order valence-corrected chi connectivity index (χ2v) is 10.2. The van der Waals surface area contributed by atoms with E-state index in [1.165, 1.54) is 44.9 Å². The molecule has 0 heterocycles. The van der Waals surface area contributed by atoms with Crippen LogP contribution in [0, 0.1) is 46.3 Å². The molecule has 4 fully saturated rings. The van der Waals surface area contributed by atoms with Gasteiger partial charge in [-0.1, -0.05) is 33.3 Å². The summed E-state index contributed by atoms with van der Waals surface area (Å²) in [6.45, 7) is 11.9. The van der Waals surface area contributed by atoms with Crippen LogP contribution in [0.5, 0.6) is 0 Å². The van der Waals surface area contributed by atoms with E-state index in [-0.39, 0.29) is 0 Å². The van der Waals surface area contributed by atoms with Crippen LogP contribution in [-0.4, -0.2) is 0 Å². The molecule has 8 atom stereocenters. The van der Waals surface area contributed by atoms with Gasteiger partial charge in [-0.25, -0.2) is 0 Å². The molecule has 0 saturated heterocycles. The number of hydrogen-bond acceptors (Lipinski definition) is 0. The predicted molar refractivity (Wildman–Crippen MR) is 99.2 cm³/mol. The van der Waals surface area contributed by atoms with Gasteiger partial charge in [0.2, 0.25) is 0 Å². The largest absolute Gasteiger partial charge is 0.103 e. The Kier molecular flexibility index (Phi) is 3.97. The Balaban J connectivity index is 1.59. The summed E-state index contributed by atoms with van der Waals surface area (Å²) in [5.74, 6) is 5.97. The number of fused-ring (bicyclic) bond motifs is 5. The van der Waals surface area contributed by atoms with Crippen LogP contribution >= 0.6 is 0 Å². The minimum absolute atomic E-state index is 0.590. The van der Waals surface area contributed by atoms with Gasteiger partial charge in [-0.2, -0.15) is 0 Å². The van der Waals surface area contributed by atoms with Crippen LogP contribution in [0.15, 0.2) is 12.7 Å². The molecule has 3 unspecified atom stereocenters. The standard InChI is InChI=1S/C23H38/c1-5-16-11-13-23(4)18(15-16)7-9-19-20-10-8-17(6-2)22(20,3)14-12-21(19)23/h6,16-21H,2,5,7-15H2,1,3-4H3/t16-,17-,18-,19?,20?,21?,22+,23-/m0/s1. The lowest BCUT2D eigenvalue weighted by molar-refractivity contribution is -0.115. The molecule has 4 saturated carbocycles. The minimum Gasteiger partial charge on any atom is -0.103 e. The average molecular weight is 315 g/mol. The molecule has 4 rings (SSSR count). The Bertz CT molecular complexity index is 465. The summed E-state index contributed by atoms with van der Waals surface area (Å²) >= 11 is 0. The van der Waals surface area contributed by atoms with Gasteiger partial charge in [0.15, 0.2) is 0 Å². The summed E-state index contributed by atoms with van der Waals surface area (Å²) in [6.07, 6.45) is 17.3. The Labute approximate surface area is 144 Å². The Morgan fingerprint density at radius 1 is 0.913 bits per heavy atom. The fourth-order valence-electron chi connectivity index (χ4n) is 8.15. The van der Waals surface area contributed by atoms with Crippen molar-refractivity contribution in [1.29, 1.82) is 0 Å². The van der Waals surface area contributed by atoms with Crippen molar-refractivity contribution in [1.82, 2.24) is 0 Å². The topological polar surface area (TPSA) is 0 Å². The van der Waals surface area contributed by atoms with E-state index in [9.17, 15) is 0 Å². The number of rotatable bonds is 2. The lowest BCUT2D eigenvalue weighted by Crippen LogP contribution is -2.53. The van der Waals surface area contributed by atoms with Crippen LogP contribution in [0.25, 0.3) is 0 Å². The van der Waals surface area contributed by atoms with Crippen LogP contribution in [0.4, 0.5) is 0 Å². The first kappa shape index (κ1) is 16.2. The van der Waals surface area contributed by atoms with Crippen molar-refractivity contribution in [3.05, 3.63) is 12.7 Å². The van der Waals surface area contributed by atoms with Crippen molar-refractivity contribution in [3.63, 3.8) is 0 Å². The van der Waals surface area contributed by atoms with Gasteiger partial charge in [0.05, 0.1) is 0 Å². The molecule has 0 N–H and O–H groups in total. The SMILES string of the molecule is C=C[C@H]1CCC2C3CC[C@H]4C[C@@H](CC)CC[C@]4(C)C3CC[C@@]21C. The highest BCUT2D eigenvalue weighted by molar-refractivity contribution is 5.11. The van der Waals surface area contributed by atoms with E-state index in [1.54, 1.807) is 19.3 Å². The third-order valence-corrected chi connectivity index (χ3v) is 9.71. The molecule has 0 radical (unpaired) electrons. The molecule has 4 aliphatic carbocycles. The summed E-state index contributed by atoms with van der Waals surface area (Å²) in [5.41, 5.74) is 1.27. The van der Waals surface area contributed by atoms with Gasteiger partial charge in [-0.05, 0) is 104 Å². The molecule has 0 aromatic rings. The van der Waals surface area contributed by atoms with E-state index in [1.807, 2.05) is 0 Å². The summed E-state index contributed by atoms with van der Waals surface area (Å²) in [6, 6.07) is 0. The summed E-state index contributed by atoms with van der Waals surface area (Å²) in [7, 11) is 0. The number of allylic oxidation sites excluding steroid dienone is 1. The van der Waals surface area contributed by atoms with Crippen LogP contribution < -0.4 is 0 Å². The third kappa shape index (κ3) is 2.22. The second kappa shape index (κ2) is 5.63. The average Bonchev–Trinajstić information content (AvgIpc) is 2.90. The highest BCUT2D eigenvalue weighted by atomic mass is 14.6. The lowest BCUT2D eigenvalue weighted by Gasteiger charge is -2.61. The molecule has 23 heavy (non-hydrogen) atoms. The minimum atomic E-state index is 0.590. The van der Waals surface area contributed by atoms with E-state index >= 15 is 0 Å². The highest BCUT2D eigenvalue weighted by Gasteiger charge is 2.59. The van der Waals surface area contributed by atoms with Crippen molar-refractivity contribution in [2.75, 3.05) is 0 Å². The van der Waals surface area contributed by atoms with Crippen molar-refractivity contribution in [2.24, 2.45) is 46.3 Å². The van der Waals surface area contributed by atoms with Gasteiger partial charge >= 0.3 is 0 Å². The first-order valence-corrected chi connectivity index (χ1v) is 10.7. The zero-order valence-electron chi connectivity index (χ0n) is 15.8. The fourth-order valence-corrected chi connectivity index (χ4v) is 8.15.